The lowest BCUT2D eigenvalue weighted by Crippen LogP contribution is -2.34. The predicted molar refractivity (Wildman–Crippen MR) is 66.8 cm³/mol. The first-order chi connectivity index (χ1) is 7.80. The maximum absolute atomic E-state index is 5.98. The summed E-state index contributed by atoms with van der Waals surface area (Å²) in [7, 11) is 3.82. The second-order valence-corrected chi connectivity index (χ2v) is 4.75. The second kappa shape index (κ2) is 8.04. The first kappa shape index (κ1) is 13.9. The molecule has 0 amide bonds. The fourth-order valence-corrected chi connectivity index (χ4v) is 2.38. The number of ether oxygens (including phenoxy) is 2. The molecule has 0 aliphatic heterocycles. The van der Waals surface area contributed by atoms with Crippen LogP contribution in [0, 0.1) is 0 Å². The monoisotopic (exact) mass is 229 g/mol. The Morgan fingerprint density at radius 3 is 2.69 bits per heavy atom. The largest absolute Gasteiger partial charge is 0.381 e. The SMILES string of the molecule is CCCC(COC1CCCC(OC)C1)NC. The summed E-state index contributed by atoms with van der Waals surface area (Å²) in [5.41, 5.74) is 0. The molecule has 0 aromatic carbocycles. The number of likely N-dealkylation sites (N-methyl/N-ethyl adjacent to an activating group) is 1. The van der Waals surface area contributed by atoms with Crippen molar-refractivity contribution in [1.29, 1.82) is 0 Å². The van der Waals surface area contributed by atoms with Crippen LogP contribution in [0.2, 0.25) is 0 Å². The van der Waals surface area contributed by atoms with Crippen molar-refractivity contribution in [2.24, 2.45) is 0 Å². The first-order valence-electron chi connectivity index (χ1n) is 6.61. The maximum Gasteiger partial charge on any atom is 0.0623 e. The van der Waals surface area contributed by atoms with Crippen molar-refractivity contribution in [3.63, 3.8) is 0 Å². The zero-order valence-corrected chi connectivity index (χ0v) is 11.0. The van der Waals surface area contributed by atoms with E-state index in [1.165, 1.54) is 32.1 Å². The van der Waals surface area contributed by atoms with Crippen LogP contribution in [0.1, 0.15) is 45.4 Å². The highest BCUT2D eigenvalue weighted by Crippen LogP contribution is 2.23. The molecule has 1 fully saturated rings. The van der Waals surface area contributed by atoms with Gasteiger partial charge in [-0.2, -0.15) is 0 Å². The third-order valence-electron chi connectivity index (χ3n) is 3.49. The smallest absolute Gasteiger partial charge is 0.0623 e. The molecule has 96 valence electrons. The van der Waals surface area contributed by atoms with Gasteiger partial charge in [0.1, 0.15) is 0 Å². The maximum atomic E-state index is 5.98. The molecule has 3 nitrogen and oxygen atoms in total. The highest BCUT2D eigenvalue weighted by Gasteiger charge is 2.22. The van der Waals surface area contributed by atoms with Crippen LogP contribution < -0.4 is 5.32 Å². The second-order valence-electron chi connectivity index (χ2n) is 4.75. The van der Waals surface area contributed by atoms with Crippen LogP contribution >= 0.6 is 0 Å². The number of hydrogen-bond donors (Lipinski definition) is 1. The molecule has 0 saturated heterocycles. The molecular formula is C13H27NO2. The summed E-state index contributed by atoms with van der Waals surface area (Å²) in [4.78, 5) is 0. The van der Waals surface area contributed by atoms with Crippen LogP contribution in [0.3, 0.4) is 0 Å². The molecule has 3 atom stereocenters. The van der Waals surface area contributed by atoms with Gasteiger partial charge >= 0.3 is 0 Å². The first-order valence-corrected chi connectivity index (χ1v) is 6.61. The molecule has 16 heavy (non-hydrogen) atoms. The fourth-order valence-electron chi connectivity index (χ4n) is 2.38. The molecule has 1 aliphatic rings. The molecule has 1 rings (SSSR count). The van der Waals surface area contributed by atoms with Crippen molar-refractivity contribution in [3.05, 3.63) is 0 Å². The van der Waals surface area contributed by atoms with Gasteiger partial charge in [0.25, 0.3) is 0 Å². The van der Waals surface area contributed by atoms with E-state index in [2.05, 4.69) is 12.2 Å². The van der Waals surface area contributed by atoms with Crippen LogP contribution in [0.25, 0.3) is 0 Å². The van der Waals surface area contributed by atoms with Crippen molar-refractivity contribution in [2.75, 3.05) is 20.8 Å². The van der Waals surface area contributed by atoms with Gasteiger partial charge in [0.15, 0.2) is 0 Å². The van der Waals surface area contributed by atoms with Gasteiger partial charge in [-0.25, -0.2) is 0 Å². The highest BCUT2D eigenvalue weighted by molar-refractivity contribution is 4.74. The lowest BCUT2D eigenvalue weighted by atomic mass is 9.95. The quantitative estimate of drug-likeness (QED) is 0.727. The third-order valence-corrected chi connectivity index (χ3v) is 3.49. The Kier molecular flexibility index (Phi) is 7.01. The lowest BCUT2D eigenvalue weighted by molar-refractivity contribution is -0.0355. The highest BCUT2D eigenvalue weighted by atomic mass is 16.5. The van der Waals surface area contributed by atoms with Crippen LogP contribution in [-0.4, -0.2) is 39.0 Å². The van der Waals surface area contributed by atoms with Gasteiger partial charge in [-0.05, 0) is 39.2 Å². The van der Waals surface area contributed by atoms with Crippen molar-refractivity contribution in [1.82, 2.24) is 5.32 Å². The van der Waals surface area contributed by atoms with E-state index in [0.717, 1.165) is 13.0 Å². The minimum absolute atomic E-state index is 0.409. The Hall–Kier alpha value is -0.120. The Labute approximate surface area is 99.9 Å². The molecule has 1 saturated carbocycles. The van der Waals surface area contributed by atoms with E-state index in [1.807, 2.05) is 7.05 Å². The molecule has 3 unspecified atom stereocenters. The zero-order chi connectivity index (χ0) is 11.8. The van der Waals surface area contributed by atoms with Crippen LogP contribution in [-0.2, 0) is 9.47 Å². The molecule has 0 spiro atoms. The average Bonchev–Trinajstić information content (AvgIpc) is 2.34. The van der Waals surface area contributed by atoms with Gasteiger partial charge in [-0.1, -0.05) is 13.3 Å². The molecule has 0 heterocycles. The van der Waals surface area contributed by atoms with E-state index in [0.29, 0.717) is 18.2 Å². The Bertz CT molecular complexity index is 175. The molecule has 1 N–H and O–H groups in total. The van der Waals surface area contributed by atoms with Crippen LogP contribution in [0.4, 0.5) is 0 Å². The molecule has 0 aromatic rings. The van der Waals surface area contributed by atoms with Gasteiger partial charge in [0.05, 0.1) is 18.8 Å². The van der Waals surface area contributed by atoms with Crippen molar-refractivity contribution < 1.29 is 9.47 Å². The number of rotatable bonds is 7. The zero-order valence-electron chi connectivity index (χ0n) is 11.0. The minimum Gasteiger partial charge on any atom is -0.381 e. The van der Waals surface area contributed by atoms with E-state index < -0.39 is 0 Å². The Morgan fingerprint density at radius 2 is 2.06 bits per heavy atom. The minimum atomic E-state index is 0.409. The van der Waals surface area contributed by atoms with Gasteiger partial charge in [0, 0.05) is 13.2 Å². The predicted octanol–water partition coefficient (Wildman–Crippen LogP) is 2.35. The van der Waals surface area contributed by atoms with Crippen LogP contribution in [0.5, 0.6) is 0 Å². The van der Waals surface area contributed by atoms with Gasteiger partial charge in [-0.3, -0.25) is 0 Å². The summed E-state index contributed by atoms with van der Waals surface area (Å²) in [5.74, 6) is 0. The average molecular weight is 229 g/mol. The van der Waals surface area contributed by atoms with Crippen molar-refractivity contribution in [3.8, 4) is 0 Å². The van der Waals surface area contributed by atoms with E-state index in [1.54, 1.807) is 7.11 Å². The third kappa shape index (κ3) is 4.81. The number of methoxy groups -OCH3 is 1. The number of nitrogens with one attached hydrogen (secondary N) is 1. The standard InChI is InChI=1S/C13H27NO2/c1-4-6-11(14-2)10-16-13-8-5-7-12(9-13)15-3/h11-14H,4-10H2,1-3H3. The topological polar surface area (TPSA) is 30.5 Å². The lowest BCUT2D eigenvalue weighted by Gasteiger charge is -2.29. The van der Waals surface area contributed by atoms with E-state index in [9.17, 15) is 0 Å². The Morgan fingerprint density at radius 1 is 1.31 bits per heavy atom. The van der Waals surface area contributed by atoms with Gasteiger partial charge < -0.3 is 14.8 Å². The molecule has 1 aliphatic carbocycles. The molecule has 0 bridgehead atoms. The summed E-state index contributed by atoms with van der Waals surface area (Å²) < 4.78 is 11.4. The molecule has 0 aromatic heterocycles. The number of hydrogen-bond acceptors (Lipinski definition) is 3. The van der Waals surface area contributed by atoms with Crippen molar-refractivity contribution >= 4 is 0 Å². The fraction of sp³-hybridized carbons (Fsp3) is 1.00. The summed E-state index contributed by atoms with van der Waals surface area (Å²) in [5, 5.41) is 3.31. The summed E-state index contributed by atoms with van der Waals surface area (Å²) in [6.07, 6.45) is 7.92. The van der Waals surface area contributed by atoms with Gasteiger partial charge in [0.2, 0.25) is 0 Å². The molecule has 0 radical (unpaired) electrons. The van der Waals surface area contributed by atoms with Gasteiger partial charge in [-0.15, -0.1) is 0 Å². The van der Waals surface area contributed by atoms with E-state index >= 15 is 0 Å². The Balaban J connectivity index is 2.20. The normalized spacial score (nSPS) is 27.9. The van der Waals surface area contributed by atoms with E-state index in [4.69, 9.17) is 9.47 Å². The molecule has 3 heteroatoms. The van der Waals surface area contributed by atoms with Crippen molar-refractivity contribution in [2.45, 2.75) is 63.7 Å². The summed E-state index contributed by atoms with van der Waals surface area (Å²) >= 11 is 0. The van der Waals surface area contributed by atoms with Crippen LogP contribution in [0.15, 0.2) is 0 Å². The summed E-state index contributed by atoms with van der Waals surface area (Å²) in [6, 6.07) is 0.507. The van der Waals surface area contributed by atoms with E-state index in [-0.39, 0.29) is 0 Å². The summed E-state index contributed by atoms with van der Waals surface area (Å²) in [6.45, 7) is 3.05. The molecular weight excluding hydrogens is 202 g/mol.